The third-order valence-corrected chi connectivity index (χ3v) is 3.47. The summed E-state index contributed by atoms with van der Waals surface area (Å²) in [5.74, 6) is 0.902. The topological polar surface area (TPSA) is 41.6 Å². The fraction of sp³-hybridized carbons (Fsp3) is 0.278. The molecule has 22 heavy (non-hydrogen) atoms. The van der Waals surface area contributed by atoms with Crippen LogP contribution in [-0.2, 0) is 17.9 Å². The van der Waals surface area contributed by atoms with Crippen molar-refractivity contribution in [3.63, 3.8) is 0 Å². The number of carbonyl (C=O) groups is 1. The highest BCUT2D eigenvalue weighted by Gasteiger charge is 2.09. The van der Waals surface area contributed by atoms with E-state index in [1.165, 1.54) is 0 Å². The summed E-state index contributed by atoms with van der Waals surface area (Å²) < 4.78 is 5.29. The van der Waals surface area contributed by atoms with Crippen molar-refractivity contribution in [3.8, 4) is 5.75 Å². The van der Waals surface area contributed by atoms with E-state index in [9.17, 15) is 4.79 Å². The number of methoxy groups -OCH3 is 1. The molecule has 0 saturated carbocycles. The molecule has 0 spiro atoms. The first kappa shape index (κ1) is 16.0. The monoisotopic (exact) mass is 298 g/mol. The molecule has 0 saturated heterocycles. The van der Waals surface area contributed by atoms with Crippen LogP contribution in [-0.4, -0.2) is 31.5 Å². The molecule has 0 bridgehead atoms. The molecule has 0 radical (unpaired) electrons. The van der Waals surface area contributed by atoms with Crippen molar-refractivity contribution < 1.29 is 9.53 Å². The van der Waals surface area contributed by atoms with Gasteiger partial charge in [-0.05, 0) is 11.6 Å². The van der Waals surface area contributed by atoms with Crippen LogP contribution in [0.3, 0.4) is 0 Å². The first-order valence-corrected chi connectivity index (χ1v) is 7.31. The fourth-order valence-corrected chi connectivity index (χ4v) is 2.23. The molecule has 0 aromatic heterocycles. The van der Waals surface area contributed by atoms with Crippen molar-refractivity contribution in [2.75, 3.05) is 20.7 Å². The zero-order valence-electron chi connectivity index (χ0n) is 13.1. The predicted molar refractivity (Wildman–Crippen MR) is 87.6 cm³/mol. The minimum atomic E-state index is 0.0683. The zero-order chi connectivity index (χ0) is 15.8. The van der Waals surface area contributed by atoms with E-state index in [4.69, 9.17) is 4.74 Å². The number of hydrogen-bond donors (Lipinski definition) is 1. The Labute approximate surface area is 131 Å². The van der Waals surface area contributed by atoms with Crippen LogP contribution in [0.25, 0.3) is 0 Å². The molecule has 4 heteroatoms. The molecule has 0 aliphatic rings. The van der Waals surface area contributed by atoms with E-state index in [-0.39, 0.29) is 5.91 Å². The quantitative estimate of drug-likeness (QED) is 0.853. The molecule has 0 heterocycles. The Morgan fingerprint density at radius 2 is 1.77 bits per heavy atom. The summed E-state index contributed by atoms with van der Waals surface area (Å²) in [6.45, 7) is 1.53. The molecule has 116 valence electrons. The Morgan fingerprint density at radius 1 is 1.09 bits per heavy atom. The van der Waals surface area contributed by atoms with Gasteiger partial charge in [0.05, 0.1) is 13.7 Å². The molecular formula is C18H22N2O2. The molecule has 0 fully saturated rings. The van der Waals surface area contributed by atoms with Crippen LogP contribution >= 0.6 is 0 Å². The van der Waals surface area contributed by atoms with Crippen molar-refractivity contribution >= 4 is 5.91 Å². The predicted octanol–water partition coefficient (Wildman–Crippen LogP) is 2.44. The Hall–Kier alpha value is -2.33. The van der Waals surface area contributed by atoms with E-state index in [1.807, 2.05) is 61.6 Å². The zero-order valence-corrected chi connectivity index (χ0v) is 13.1. The number of para-hydroxylation sites is 1. The van der Waals surface area contributed by atoms with Gasteiger partial charge in [-0.3, -0.25) is 4.79 Å². The summed E-state index contributed by atoms with van der Waals surface area (Å²) in [4.78, 5) is 13.9. The number of benzene rings is 2. The number of likely N-dealkylation sites (N-methyl/N-ethyl adjacent to an activating group) is 1. The lowest BCUT2D eigenvalue weighted by molar-refractivity contribution is -0.129. The number of rotatable bonds is 7. The van der Waals surface area contributed by atoms with Crippen molar-refractivity contribution in [2.24, 2.45) is 0 Å². The van der Waals surface area contributed by atoms with Crippen LogP contribution in [0.2, 0.25) is 0 Å². The maximum Gasteiger partial charge on any atom is 0.236 e. The van der Waals surface area contributed by atoms with E-state index >= 15 is 0 Å². The Bertz CT molecular complexity index is 599. The first-order chi connectivity index (χ1) is 10.7. The van der Waals surface area contributed by atoms with Crippen LogP contribution in [0.4, 0.5) is 0 Å². The fourth-order valence-electron chi connectivity index (χ4n) is 2.23. The van der Waals surface area contributed by atoms with Gasteiger partial charge in [-0.2, -0.15) is 0 Å². The second kappa shape index (κ2) is 8.20. The maximum atomic E-state index is 12.1. The largest absolute Gasteiger partial charge is 0.496 e. The average molecular weight is 298 g/mol. The summed E-state index contributed by atoms with van der Waals surface area (Å²) in [6.07, 6.45) is 0. The second-order valence-corrected chi connectivity index (χ2v) is 5.15. The van der Waals surface area contributed by atoms with Gasteiger partial charge >= 0.3 is 0 Å². The van der Waals surface area contributed by atoms with Gasteiger partial charge in [0.2, 0.25) is 5.91 Å². The highest BCUT2D eigenvalue weighted by Crippen LogP contribution is 2.16. The molecule has 2 aromatic carbocycles. The Kier molecular flexibility index (Phi) is 5.98. The van der Waals surface area contributed by atoms with E-state index in [0.717, 1.165) is 16.9 Å². The van der Waals surface area contributed by atoms with Gasteiger partial charge in [0.1, 0.15) is 5.75 Å². The number of nitrogens with one attached hydrogen (secondary N) is 1. The summed E-state index contributed by atoms with van der Waals surface area (Å²) in [7, 11) is 3.47. The van der Waals surface area contributed by atoms with E-state index < -0.39 is 0 Å². The third kappa shape index (κ3) is 4.60. The molecule has 0 unspecified atom stereocenters. The molecule has 4 nitrogen and oxygen atoms in total. The first-order valence-electron chi connectivity index (χ1n) is 7.31. The summed E-state index contributed by atoms with van der Waals surface area (Å²) >= 11 is 0. The molecule has 0 aliphatic heterocycles. The van der Waals surface area contributed by atoms with Gasteiger partial charge in [-0.15, -0.1) is 0 Å². The summed E-state index contributed by atoms with van der Waals surface area (Å²) in [5.41, 5.74) is 2.17. The van der Waals surface area contributed by atoms with E-state index in [2.05, 4.69) is 5.32 Å². The standard InChI is InChI=1S/C18H22N2O2/c1-20(14-15-8-4-3-5-9-15)18(21)13-19-12-16-10-6-7-11-17(16)22-2/h3-11,19H,12-14H2,1-2H3. The van der Waals surface area contributed by atoms with Gasteiger partial charge in [-0.25, -0.2) is 0 Å². The molecule has 0 atom stereocenters. The molecule has 2 rings (SSSR count). The van der Waals surface area contributed by atoms with Crippen LogP contribution in [0.15, 0.2) is 54.6 Å². The summed E-state index contributed by atoms with van der Waals surface area (Å²) in [5, 5.41) is 3.17. The smallest absolute Gasteiger partial charge is 0.236 e. The summed E-state index contributed by atoms with van der Waals surface area (Å²) in [6, 6.07) is 17.8. The lowest BCUT2D eigenvalue weighted by Crippen LogP contribution is -2.34. The number of hydrogen-bond acceptors (Lipinski definition) is 3. The maximum absolute atomic E-state index is 12.1. The van der Waals surface area contributed by atoms with Crippen LogP contribution in [0.5, 0.6) is 5.75 Å². The molecule has 1 amide bonds. The number of ether oxygens (including phenoxy) is 1. The minimum Gasteiger partial charge on any atom is -0.496 e. The molecular weight excluding hydrogens is 276 g/mol. The number of amides is 1. The highest BCUT2D eigenvalue weighted by molar-refractivity contribution is 5.77. The van der Waals surface area contributed by atoms with Gasteiger partial charge in [-0.1, -0.05) is 48.5 Å². The van der Waals surface area contributed by atoms with Crippen molar-refractivity contribution in [2.45, 2.75) is 13.1 Å². The van der Waals surface area contributed by atoms with Gasteiger partial charge in [0.15, 0.2) is 0 Å². The average Bonchev–Trinajstić information content (AvgIpc) is 2.56. The van der Waals surface area contributed by atoms with E-state index in [1.54, 1.807) is 12.0 Å². The Balaban J connectivity index is 1.80. The Morgan fingerprint density at radius 3 is 2.50 bits per heavy atom. The molecule has 1 N–H and O–H groups in total. The third-order valence-electron chi connectivity index (χ3n) is 3.47. The van der Waals surface area contributed by atoms with Crippen LogP contribution in [0, 0.1) is 0 Å². The van der Waals surface area contributed by atoms with Gasteiger partial charge < -0.3 is 15.0 Å². The van der Waals surface area contributed by atoms with Crippen molar-refractivity contribution in [1.29, 1.82) is 0 Å². The molecule has 2 aromatic rings. The number of nitrogens with zero attached hydrogens (tertiary/aromatic N) is 1. The highest BCUT2D eigenvalue weighted by atomic mass is 16.5. The van der Waals surface area contributed by atoms with E-state index in [0.29, 0.717) is 19.6 Å². The van der Waals surface area contributed by atoms with Crippen LogP contribution in [0.1, 0.15) is 11.1 Å². The van der Waals surface area contributed by atoms with Crippen molar-refractivity contribution in [3.05, 3.63) is 65.7 Å². The lowest BCUT2D eigenvalue weighted by atomic mass is 10.2. The minimum absolute atomic E-state index is 0.0683. The number of carbonyl (C=O) groups excluding carboxylic acids is 1. The normalized spacial score (nSPS) is 10.3. The molecule has 0 aliphatic carbocycles. The van der Waals surface area contributed by atoms with Crippen LogP contribution < -0.4 is 10.1 Å². The van der Waals surface area contributed by atoms with Gasteiger partial charge in [0.25, 0.3) is 0 Å². The van der Waals surface area contributed by atoms with Crippen molar-refractivity contribution in [1.82, 2.24) is 10.2 Å². The lowest BCUT2D eigenvalue weighted by Gasteiger charge is -2.18. The SMILES string of the molecule is COc1ccccc1CNCC(=O)N(C)Cc1ccccc1. The van der Waals surface area contributed by atoms with Gasteiger partial charge in [0, 0.05) is 25.7 Å². The second-order valence-electron chi connectivity index (χ2n) is 5.15.